The van der Waals surface area contributed by atoms with Crippen LogP contribution in [0.1, 0.15) is 5.69 Å². The Kier molecular flexibility index (Phi) is 5.74. The number of nitrogens with one attached hydrogen (secondary N) is 1. The number of carbonyl (C=O) groups is 2. The predicted octanol–water partition coefficient (Wildman–Crippen LogP) is -2.05. The highest BCUT2D eigenvalue weighted by Gasteiger charge is 2.05. The van der Waals surface area contributed by atoms with Gasteiger partial charge in [0.25, 0.3) is 0 Å². The Morgan fingerprint density at radius 1 is 1.56 bits per heavy atom. The van der Waals surface area contributed by atoms with Gasteiger partial charge in [-0.25, -0.2) is 9.48 Å². The molecule has 1 aromatic rings. The van der Waals surface area contributed by atoms with Crippen LogP contribution in [-0.2, 0) is 27.4 Å². The molecule has 18 heavy (non-hydrogen) atoms. The van der Waals surface area contributed by atoms with Crippen LogP contribution in [0.2, 0.25) is 0 Å². The minimum absolute atomic E-state index is 0.0337. The maximum Gasteiger partial charge on any atom is 0.329 e. The number of ether oxygens (including phenoxy) is 1. The summed E-state index contributed by atoms with van der Waals surface area (Å²) in [5.41, 5.74) is 5.96. The monoisotopic (exact) mass is 257 g/mol. The summed E-state index contributed by atoms with van der Waals surface area (Å²) in [7, 11) is 0. The van der Waals surface area contributed by atoms with Crippen molar-refractivity contribution in [1.29, 1.82) is 0 Å². The maximum atomic E-state index is 11.4. The molecule has 0 spiro atoms. The third kappa shape index (κ3) is 5.37. The molecule has 0 saturated heterocycles. The van der Waals surface area contributed by atoms with E-state index in [1.54, 1.807) is 6.20 Å². The lowest BCUT2D eigenvalue weighted by Crippen LogP contribution is -2.31. The highest BCUT2D eigenvalue weighted by Crippen LogP contribution is 1.90. The van der Waals surface area contributed by atoms with Crippen LogP contribution in [0.3, 0.4) is 0 Å². The van der Waals surface area contributed by atoms with E-state index in [0.717, 1.165) is 0 Å². The Morgan fingerprint density at radius 3 is 2.94 bits per heavy atom. The average molecular weight is 257 g/mol. The Bertz CT molecular complexity index is 405. The molecule has 1 aromatic heterocycles. The lowest BCUT2D eigenvalue weighted by Gasteiger charge is -2.04. The first-order chi connectivity index (χ1) is 8.61. The van der Waals surface area contributed by atoms with E-state index < -0.39 is 5.97 Å². The predicted molar refractivity (Wildman–Crippen MR) is 59.4 cm³/mol. The molecule has 1 heterocycles. The summed E-state index contributed by atoms with van der Waals surface area (Å²) in [5, 5.41) is 18.3. The number of amides is 1. The summed E-state index contributed by atoms with van der Waals surface area (Å²) >= 11 is 0. The van der Waals surface area contributed by atoms with Crippen molar-refractivity contribution in [3.8, 4) is 0 Å². The molecule has 0 radical (unpaired) electrons. The second kappa shape index (κ2) is 7.35. The van der Waals surface area contributed by atoms with Crippen LogP contribution >= 0.6 is 0 Å². The lowest BCUT2D eigenvalue weighted by atomic mass is 10.5. The molecule has 0 unspecified atom stereocenters. The summed E-state index contributed by atoms with van der Waals surface area (Å²) in [6.07, 6.45) is 1.58. The molecule has 4 N–H and O–H groups in total. The number of hydrogen-bond acceptors (Lipinski definition) is 6. The number of nitrogens with two attached hydrogens (primary N) is 1. The minimum atomic E-state index is -1.04. The second-order valence-electron chi connectivity index (χ2n) is 3.41. The molecule has 0 aliphatic rings. The normalized spacial score (nSPS) is 10.3. The fraction of sp³-hybridized carbons (Fsp3) is 0.556. The first kappa shape index (κ1) is 14.1. The summed E-state index contributed by atoms with van der Waals surface area (Å²) in [5.74, 6) is -1.30. The van der Waals surface area contributed by atoms with Gasteiger partial charge in [0.05, 0.1) is 18.5 Å². The minimum Gasteiger partial charge on any atom is -0.480 e. The molecule has 0 aromatic carbocycles. The van der Waals surface area contributed by atoms with E-state index in [1.807, 2.05) is 0 Å². The first-order valence-electron chi connectivity index (χ1n) is 5.27. The topological polar surface area (TPSA) is 132 Å². The van der Waals surface area contributed by atoms with E-state index in [1.165, 1.54) is 4.68 Å². The Balaban J connectivity index is 2.15. The zero-order valence-corrected chi connectivity index (χ0v) is 9.70. The van der Waals surface area contributed by atoms with Crippen molar-refractivity contribution in [1.82, 2.24) is 20.3 Å². The molecule has 0 fully saturated rings. The summed E-state index contributed by atoms with van der Waals surface area (Å²) in [4.78, 5) is 21.5. The van der Waals surface area contributed by atoms with Gasteiger partial charge in [-0.2, -0.15) is 0 Å². The number of carbonyl (C=O) groups excluding carboxylic acids is 1. The van der Waals surface area contributed by atoms with E-state index in [2.05, 4.69) is 15.6 Å². The average Bonchev–Trinajstić information content (AvgIpc) is 2.76. The zero-order chi connectivity index (χ0) is 13.4. The van der Waals surface area contributed by atoms with Crippen molar-refractivity contribution in [2.24, 2.45) is 5.73 Å². The van der Waals surface area contributed by atoms with Gasteiger partial charge < -0.3 is 20.9 Å². The van der Waals surface area contributed by atoms with Crippen molar-refractivity contribution in [3.05, 3.63) is 11.9 Å². The van der Waals surface area contributed by atoms with E-state index in [9.17, 15) is 9.59 Å². The van der Waals surface area contributed by atoms with Gasteiger partial charge in [0.2, 0.25) is 5.91 Å². The molecule has 9 heteroatoms. The van der Waals surface area contributed by atoms with Crippen LogP contribution in [0.5, 0.6) is 0 Å². The van der Waals surface area contributed by atoms with Gasteiger partial charge in [0, 0.05) is 13.1 Å². The molecular weight excluding hydrogens is 242 g/mol. The van der Waals surface area contributed by atoms with Crippen LogP contribution in [0.4, 0.5) is 0 Å². The highest BCUT2D eigenvalue weighted by atomic mass is 16.5. The SMILES string of the molecule is NCc1cn(CC(=O)NCCOCC(=O)O)nn1. The molecule has 1 rings (SSSR count). The van der Waals surface area contributed by atoms with Crippen molar-refractivity contribution in [2.45, 2.75) is 13.1 Å². The zero-order valence-electron chi connectivity index (χ0n) is 9.70. The molecule has 0 atom stereocenters. The van der Waals surface area contributed by atoms with Crippen LogP contribution in [0, 0.1) is 0 Å². The van der Waals surface area contributed by atoms with Gasteiger partial charge in [0.15, 0.2) is 0 Å². The standard InChI is InChI=1S/C9H15N5O4/c10-3-7-4-14(13-12-7)5-8(15)11-1-2-18-6-9(16)17/h4H,1-3,5-6,10H2,(H,11,15)(H,16,17). The first-order valence-corrected chi connectivity index (χ1v) is 5.27. The van der Waals surface area contributed by atoms with Gasteiger partial charge in [-0.05, 0) is 0 Å². The van der Waals surface area contributed by atoms with Crippen molar-refractivity contribution in [3.63, 3.8) is 0 Å². The van der Waals surface area contributed by atoms with E-state index in [0.29, 0.717) is 5.69 Å². The third-order valence-electron chi connectivity index (χ3n) is 1.89. The summed E-state index contributed by atoms with van der Waals surface area (Å²) in [6, 6.07) is 0. The fourth-order valence-corrected chi connectivity index (χ4v) is 1.13. The van der Waals surface area contributed by atoms with Crippen LogP contribution in [0.15, 0.2) is 6.20 Å². The Labute approximate surface area is 103 Å². The Morgan fingerprint density at radius 2 is 2.33 bits per heavy atom. The van der Waals surface area contributed by atoms with Gasteiger partial charge in [-0.1, -0.05) is 5.21 Å². The van der Waals surface area contributed by atoms with Crippen LogP contribution < -0.4 is 11.1 Å². The fourth-order valence-electron chi connectivity index (χ4n) is 1.13. The molecule has 0 aliphatic carbocycles. The van der Waals surface area contributed by atoms with Crippen molar-refractivity contribution < 1.29 is 19.4 Å². The second-order valence-corrected chi connectivity index (χ2v) is 3.41. The summed E-state index contributed by atoms with van der Waals surface area (Å²) in [6.45, 7) is 0.309. The van der Waals surface area contributed by atoms with Gasteiger partial charge >= 0.3 is 5.97 Å². The molecular formula is C9H15N5O4. The van der Waals surface area contributed by atoms with E-state index in [4.69, 9.17) is 15.6 Å². The van der Waals surface area contributed by atoms with Gasteiger partial charge in [-0.3, -0.25) is 4.79 Å². The molecule has 0 saturated carbocycles. The number of carboxylic acids is 1. The van der Waals surface area contributed by atoms with Gasteiger partial charge in [-0.15, -0.1) is 5.10 Å². The smallest absolute Gasteiger partial charge is 0.329 e. The molecule has 0 aliphatic heterocycles. The third-order valence-corrected chi connectivity index (χ3v) is 1.89. The number of hydrogen-bond donors (Lipinski definition) is 3. The number of carboxylic acid groups (broad SMARTS) is 1. The van der Waals surface area contributed by atoms with Gasteiger partial charge in [0.1, 0.15) is 13.2 Å². The maximum absolute atomic E-state index is 11.4. The summed E-state index contributed by atoms with van der Waals surface area (Å²) < 4.78 is 6.12. The van der Waals surface area contributed by atoms with E-state index in [-0.39, 0.29) is 38.8 Å². The number of aromatic nitrogens is 3. The number of rotatable bonds is 8. The van der Waals surface area contributed by atoms with Crippen LogP contribution in [0.25, 0.3) is 0 Å². The van der Waals surface area contributed by atoms with E-state index >= 15 is 0 Å². The number of aliphatic carboxylic acids is 1. The van der Waals surface area contributed by atoms with Crippen LogP contribution in [-0.4, -0.2) is 51.7 Å². The molecule has 0 bridgehead atoms. The lowest BCUT2D eigenvalue weighted by molar-refractivity contribution is -0.142. The molecule has 100 valence electrons. The highest BCUT2D eigenvalue weighted by molar-refractivity contribution is 5.75. The molecule has 9 nitrogen and oxygen atoms in total. The quantitative estimate of drug-likeness (QED) is 0.457. The number of nitrogens with zero attached hydrogens (tertiary/aromatic N) is 3. The molecule has 1 amide bonds. The van der Waals surface area contributed by atoms with Crippen molar-refractivity contribution in [2.75, 3.05) is 19.8 Å². The largest absolute Gasteiger partial charge is 0.480 e. The van der Waals surface area contributed by atoms with Crippen molar-refractivity contribution >= 4 is 11.9 Å². The Hall–Kier alpha value is -2.00.